The molecule has 2 atom stereocenters. The summed E-state index contributed by atoms with van der Waals surface area (Å²) in [7, 11) is 0. The average Bonchev–Trinajstić information content (AvgIpc) is 2.26. The van der Waals surface area contributed by atoms with Crippen molar-refractivity contribution in [2.75, 3.05) is 19.6 Å². The van der Waals surface area contributed by atoms with Gasteiger partial charge in [-0.2, -0.15) is 0 Å². The Labute approximate surface area is 88.2 Å². The lowest BCUT2D eigenvalue weighted by atomic mass is 9.83. The van der Waals surface area contributed by atoms with Crippen molar-refractivity contribution in [2.45, 2.75) is 38.6 Å². The van der Waals surface area contributed by atoms with Gasteiger partial charge in [0.15, 0.2) is 0 Å². The standard InChI is InChI=1S/C12H24N2/c1-3-9-14(4-2)12-8-6-5-7-11(12)10-13/h3,11-12H,1,4-10,13H2,2H3. The van der Waals surface area contributed by atoms with Gasteiger partial charge < -0.3 is 5.73 Å². The third kappa shape index (κ3) is 2.82. The number of nitrogens with two attached hydrogens (primary N) is 1. The summed E-state index contributed by atoms with van der Waals surface area (Å²) in [5.41, 5.74) is 5.83. The van der Waals surface area contributed by atoms with Crippen LogP contribution in [0, 0.1) is 5.92 Å². The molecule has 1 saturated carbocycles. The molecular formula is C12H24N2. The topological polar surface area (TPSA) is 29.3 Å². The molecule has 1 aliphatic rings. The zero-order valence-corrected chi connectivity index (χ0v) is 9.41. The minimum atomic E-state index is 0.705. The lowest BCUT2D eigenvalue weighted by Gasteiger charge is -2.38. The van der Waals surface area contributed by atoms with E-state index in [1.807, 2.05) is 6.08 Å². The summed E-state index contributed by atoms with van der Waals surface area (Å²) in [5, 5.41) is 0. The number of hydrogen-bond donors (Lipinski definition) is 1. The molecule has 2 heteroatoms. The second-order valence-corrected chi connectivity index (χ2v) is 4.22. The van der Waals surface area contributed by atoms with Gasteiger partial charge in [0.2, 0.25) is 0 Å². The highest BCUT2D eigenvalue weighted by Crippen LogP contribution is 2.27. The predicted molar refractivity (Wildman–Crippen MR) is 62.2 cm³/mol. The van der Waals surface area contributed by atoms with Crippen molar-refractivity contribution >= 4 is 0 Å². The van der Waals surface area contributed by atoms with Gasteiger partial charge in [-0.3, -0.25) is 4.90 Å². The van der Waals surface area contributed by atoms with Crippen molar-refractivity contribution in [3.63, 3.8) is 0 Å². The van der Waals surface area contributed by atoms with Gasteiger partial charge in [0.25, 0.3) is 0 Å². The molecule has 0 heterocycles. The number of nitrogens with zero attached hydrogens (tertiary/aromatic N) is 1. The molecule has 2 unspecified atom stereocenters. The van der Waals surface area contributed by atoms with Crippen molar-refractivity contribution in [1.29, 1.82) is 0 Å². The molecule has 1 rings (SSSR count). The van der Waals surface area contributed by atoms with E-state index in [9.17, 15) is 0 Å². The first kappa shape index (κ1) is 11.7. The molecule has 0 aliphatic heterocycles. The molecule has 0 spiro atoms. The van der Waals surface area contributed by atoms with E-state index in [2.05, 4.69) is 18.4 Å². The largest absolute Gasteiger partial charge is 0.330 e. The van der Waals surface area contributed by atoms with Crippen LogP contribution in [0.5, 0.6) is 0 Å². The monoisotopic (exact) mass is 196 g/mol. The van der Waals surface area contributed by atoms with E-state index in [0.29, 0.717) is 12.0 Å². The van der Waals surface area contributed by atoms with Crippen LogP contribution in [-0.2, 0) is 0 Å². The summed E-state index contributed by atoms with van der Waals surface area (Å²) in [6.45, 7) is 9.02. The van der Waals surface area contributed by atoms with Crippen LogP contribution >= 0.6 is 0 Å². The minimum absolute atomic E-state index is 0.705. The lowest BCUT2D eigenvalue weighted by molar-refractivity contribution is 0.124. The van der Waals surface area contributed by atoms with Crippen molar-refractivity contribution in [2.24, 2.45) is 11.7 Å². The van der Waals surface area contributed by atoms with Gasteiger partial charge in [0, 0.05) is 12.6 Å². The Morgan fingerprint density at radius 1 is 1.43 bits per heavy atom. The zero-order valence-electron chi connectivity index (χ0n) is 9.41. The van der Waals surface area contributed by atoms with Gasteiger partial charge in [-0.25, -0.2) is 0 Å². The highest BCUT2D eigenvalue weighted by molar-refractivity contribution is 4.86. The van der Waals surface area contributed by atoms with Crippen LogP contribution in [-0.4, -0.2) is 30.6 Å². The Hall–Kier alpha value is -0.340. The molecule has 1 aliphatic carbocycles. The van der Waals surface area contributed by atoms with E-state index in [4.69, 9.17) is 5.73 Å². The quantitative estimate of drug-likeness (QED) is 0.682. The minimum Gasteiger partial charge on any atom is -0.330 e. The van der Waals surface area contributed by atoms with Crippen molar-refractivity contribution < 1.29 is 0 Å². The average molecular weight is 196 g/mol. The fourth-order valence-corrected chi connectivity index (χ4v) is 2.61. The van der Waals surface area contributed by atoms with Gasteiger partial charge >= 0.3 is 0 Å². The lowest BCUT2D eigenvalue weighted by Crippen LogP contribution is -2.45. The fraction of sp³-hybridized carbons (Fsp3) is 0.833. The van der Waals surface area contributed by atoms with Crippen LogP contribution in [0.25, 0.3) is 0 Å². The number of hydrogen-bond acceptors (Lipinski definition) is 2. The fourth-order valence-electron chi connectivity index (χ4n) is 2.61. The first-order chi connectivity index (χ1) is 6.83. The van der Waals surface area contributed by atoms with Crippen molar-refractivity contribution in [1.82, 2.24) is 4.90 Å². The van der Waals surface area contributed by atoms with Crippen LogP contribution in [0.15, 0.2) is 12.7 Å². The molecule has 0 radical (unpaired) electrons. The highest BCUT2D eigenvalue weighted by atomic mass is 15.2. The molecule has 0 bridgehead atoms. The Balaban J connectivity index is 2.55. The van der Waals surface area contributed by atoms with E-state index < -0.39 is 0 Å². The molecular weight excluding hydrogens is 172 g/mol. The third-order valence-corrected chi connectivity index (χ3v) is 3.41. The SMILES string of the molecule is C=CCN(CC)C1CCCCC1CN. The molecule has 0 aromatic carbocycles. The van der Waals surface area contributed by atoms with Crippen molar-refractivity contribution in [3.05, 3.63) is 12.7 Å². The van der Waals surface area contributed by atoms with Gasteiger partial charge in [0.1, 0.15) is 0 Å². The summed E-state index contributed by atoms with van der Waals surface area (Å²) in [6.07, 6.45) is 7.38. The second kappa shape index (κ2) is 6.20. The number of likely N-dealkylation sites (N-methyl/N-ethyl adjacent to an activating group) is 1. The van der Waals surface area contributed by atoms with E-state index in [1.165, 1.54) is 25.7 Å². The summed E-state index contributed by atoms with van der Waals surface area (Å²) in [5.74, 6) is 0.712. The molecule has 0 saturated heterocycles. The van der Waals surface area contributed by atoms with Crippen LogP contribution in [0.3, 0.4) is 0 Å². The Bertz CT molecular complexity index is 168. The highest BCUT2D eigenvalue weighted by Gasteiger charge is 2.27. The predicted octanol–water partition coefficient (Wildman–Crippen LogP) is 2.01. The molecule has 2 nitrogen and oxygen atoms in total. The van der Waals surface area contributed by atoms with E-state index in [0.717, 1.165) is 19.6 Å². The Kier molecular flexibility index (Phi) is 5.20. The third-order valence-electron chi connectivity index (χ3n) is 3.41. The van der Waals surface area contributed by atoms with Crippen LogP contribution in [0.2, 0.25) is 0 Å². The first-order valence-electron chi connectivity index (χ1n) is 5.88. The van der Waals surface area contributed by atoms with Crippen LogP contribution in [0.1, 0.15) is 32.6 Å². The van der Waals surface area contributed by atoms with Gasteiger partial charge in [0.05, 0.1) is 0 Å². The number of rotatable bonds is 5. The van der Waals surface area contributed by atoms with E-state index in [1.54, 1.807) is 0 Å². The maximum atomic E-state index is 5.83. The van der Waals surface area contributed by atoms with Crippen molar-refractivity contribution in [3.8, 4) is 0 Å². The smallest absolute Gasteiger partial charge is 0.0163 e. The summed E-state index contributed by atoms with van der Waals surface area (Å²) >= 11 is 0. The van der Waals surface area contributed by atoms with Gasteiger partial charge in [-0.1, -0.05) is 25.8 Å². The summed E-state index contributed by atoms with van der Waals surface area (Å²) in [4.78, 5) is 2.52. The summed E-state index contributed by atoms with van der Waals surface area (Å²) < 4.78 is 0. The Morgan fingerprint density at radius 3 is 2.71 bits per heavy atom. The Morgan fingerprint density at radius 2 is 2.14 bits per heavy atom. The molecule has 14 heavy (non-hydrogen) atoms. The summed E-state index contributed by atoms with van der Waals surface area (Å²) in [6, 6.07) is 0.705. The molecule has 0 aromatic rings. The maximum absolute atomic E-state index is 5.83. The molecule has 1 fully saturated rings. The second-order valence-electron chi connectivity index (χ2n) is 4.22. The molecule has 82 valence electrons. The first-order valence-corrected chi connectivity index (χ1v) is 5.88. The van der Waals surface area contributed by atoms with E-state index in [-0.39, 0.29) is 0 Å². The maximum Gasteiger partial charge on any atom is 0.0163 e. The van der Waals surface area contributed by atoms with Gasteiger partial charge in [-0.05, 0) is 31.8 Å². The van der Waals surface area contributed by atoms with Crippen LogP contribution < -0.4 is 5.73 Å². The molecule has 0 amide bonds. The van der Waals surface area contributed by atoms with Gasteiger partial charge in [-0.15, -0.1) is 6.58 Å². The molecule has 0 aromatic heterocycles. The van der Waals surface area contributed by atoms with Crippen LogP contribution in [0.4, 0.5) is 0 Å². The molecule has 2 N–H and O–H groups in total. The normalized spacial score (nSPS) is 27.9. The zero-order chi connectivity index (χ0) is 10.4. The van der Waals surface area contributed by atoms with E-state index >= 15 is 0 Å².